The average Bonchev–Trinajstić information content (AvgIpc) is 3.57. The molecule has 38 heavy (non-hydrogen) atoms. The topological polar surface area (TPSA) is 78.7 Å². The summed E-state index contributed by atoms with van der Waals surface area (Å²) in [6.45, 7) is 2.06. The van der Waals surface area contributed by atoms with Crippen LogP contribution in [0.5, 0.6) is 0 Å². The Morgan fingerprint density at radius 2 is 1.87 bits per heavy atom. The lowest BCUT2D eigenvalue weighted by Gasteiger charge is -2.22. The predicted octanol–water partition coefficient (Wildman–Crippen LogP) is 5.25. The number of nitrogens with zero attached hydrogens (tertiary/aromatic N) is 4. The van der Waals surface area contributed by atoms with Crippen LogP contribution in [0.15, 0.2) is 47.5 Å². The van der Waals surface area contributed by atoms with E-state index < -0.39 is 29.0 Å². The second-order valence-electron chi connectivity index (χ2n) is 9.37. The molecule has 0 unspecified atom stereocenters. The SMILES string of the molecule is O=C1SC(=Cc2ccc3c(cnn3Cc3ccc(Cl)cc3C(F)(F)F)c2)C(=O)N1C[C@@H](O)CN1CCCC1. The molecule has 2 aliphatic rings. The molecule has 7 nitrogen and oxygen atoms in total. The van der Waals surface area contributed by atoms with Crippen LogP contribution in [0.4, 0.5) is 18.0 Å². The van der Waals surface area contributed by atoms with Crippen molar-refractivity contribution in [3.05, 3.63) is 69.2 Å². The molecule has 12 heteroatoms. The normalized spacial score (nSPS) is 18.9. The first-order valence-electron chi connectivity index (χ1n) is 12.1. The Morgan fingerprint density at radius 3 is 2.61 bits per heavy atom. The minimum Gasteiger partial charge on any atom is -0.390 e. The summed E-state index contributed by atoms with van der Waals surface area (Å²) in [4.78, 5) is 28.8. The van der Waals surface area contributed by atoms with Gasteiger partial charge >= 0.3 is 6.18 Å². The third-order valence-corrected chi connectivity index (χ3v) is 7.74. The Hall–Kier alpha value is -2.86. The number of benzene rings is 2. The van der Waals surface area contributed by atoms with Gasteiger partial charge in [-0.1, -0.05) is 23.7 Å². The van der Waals surface area contributed by atoms with Crippen molar-refractivity contribution in [3.63, 3.8) is 0 Å². The number of carbonyl (C=O) groups excluding carboxylic acids is 2. The van der Waals surface area contributed by atoms with Crippen molar-refractivity contribution in [3.8, 4) is 0 Å². The highest BCUT2D eigenvalue weighted by Gasteiger charge is 2.37. The standard InChI is InChI=1S/C26H24ClF3N4O3S/c27-19-5-4-17(21(11-19)26(28,29)30)13-34-22-6-3-16(9-18(22)12-31-34)10-23-24(36)33(25(37)38-23)15-20(35)14-32-7-1-2-8-32/h3-6,9-12,20,35H,1-2,7-8,13-15H2/t20-/m0/s1. The second-order valence-corrected chi connectivity index (χ2v) is 10.8. The van der Waals surface area contributed by atoms with Gasteiger partial charge < -0.3 is 10.0 Å². The van der Waals surface area contributed by atoms with Crippen LogP contribution in [-0.4, -0.2) is 68.1 Å². The molecule has 2 amide bonds. The molecule has 0 aliphatic carbocycles. The van der Waals surface area contributed by atoms with Gasteiger partial charge in [0.15, 0.2) is 0 Å². The molecule has 1 aromatic heterocycles. The van der Waals surface area contributed by atoms with E-state index in [9.17, 15) is 27.9 Å². The van der Waals surface area contributed by atoms with Crippen LogP contribution < -0.4 is 0 Å². The van der Waals surface area contributed by atoms with Crippen LogP contribution in [0.25, 0.3) is 17.0 Å². The maximum Gasteiger partial charge on any atom is 0.416 e. The first-order valence-corrected chi connectivity index (χ1v) is 13.2. The van der Waals surface area contributed by atoms with Gasteiger partial charge in [0.1, 0.15) is 0 Å². The number of hydrogen-bond donors (Lipinski definition) is 1. The van der Waals surface area contributed by atoms with Crippen molar-refractivity contribution >= 4 is 51.5 Å². The van der Waals surface area contributed by atoms with E-state index in [1.807, 2.05) is 0 Å². The highest BCUT2D eigenvalue weighted by molar-refractivity contribution is 8.18. The van der Waals surface area contributed by atoms with Gasteiger partial charge in [0.25, 0.3) is 11.1 Å². The molecule has 0 spiro atoms. The van der Waals surface area contributed by atoms with Crippen LogP contribution in [0.2, 0.25) is 5.02 Å². The van der Waals surface area contributed by atoms with E-state index in [-0.39, 0.29) is 28.6 Å². The zero-order valence-electron chi connectivity index (χ0n) is 20.1. The fraction of sp³-hybridized carbons (Fsp3) is 0.346. The fourth-order valence-electron chi connectivity index (χ4n) is 4.77. The number of carbonyl (C=O) groups is 2. The van der Waals surface area contributed by atoms with Crippen LogP contribution in [0.1, 0.15) is 29.5 Å². The number of aliphatic hydroxyl groups is 1. The number of rotatable bonds is 7. The smallest absolute Gasteiger partial charge is 0.390 e. The first kappa shape index (κ1) is 26.7. The maximum absolute atomic E-state index is 13.5. The molecule has 1 atom stereocenters. The van der Waals surface area contributed by atoms with Crippen molar-refractivity contribution < 1.29 is 27.9 Å². The summed E-state index contributed by atoms with van der Waals surface area (Å²) in [5, 5.41) is 14.9. The van der Waals surface area contributed by atoms with Crippen molar-refractivity contribution in [1.29, 1.82) is 0 Å². The molecule has 200 valence electrons. The number of fused-ring (bicyclic) bond motifs is 1. The lowest BCUT2D eigenvalue weighted by molar-refractivity contribution is -0.138. The molecule has 1 N–H and O–H groups in total. The monoisotopic (exact) mass is 564 g/mol. The molecular formula is C26H24ClF3N4O3S. The van der Waals surface area contributed by atoms with E-state index in [0.717, 1.165) is 48.7 Å². The predicted molar refractivity (Wildman–Crippen MR) is 140 cm³/mol. The molecule has 5 rings (SSSR count). The van der Waals surface area contributed by atoms with E-state index in [1.54, 1.807) is 24.3 Å². The molecule has 0 radical (unpaired) electrons. The number of hydrogen-bond acceptors (Lipinski definition) is 6. The van der Waals surface area contributed by atoms with Gasteiger partial charge in [0.05, 0.1) is 41.4 Å². The largest absolute Gasteiger partial charge is 0.416 e. The number of alkyl halides is 3. The van der Waals surface area contributed by atoms with Crippen molar-refractivity contribution in [2.75, 3.05) is 26.2 Å². The number of β-amino-alcohol motifs (C(OH)–C–C–N with tert-alkyl or cyclic N) is 1. The number of thioether (sulfide) groups is 1. The van der Waals surface area contributed by atoms with Crippen LogP contribution in [0, 0.1) is 0 Å². The van der Waals surface area contributed by atoms with Gasteiger partial charge in [-0.05, 0) is 79.2 Å². The summed E-state index contributed by atoms with van der Waals surface area (Å²) in [5.41, 5.74) is 0.481. The Bertz CT molecular complexity index is 1420. The highest BCUT2D eigenvalue weighted by atomic mass is 35.5. The van der Waals surface area contributed by atoms with Gasteiger partial charge in [-0.15, -0.1) is 0 Å². The Kier molecular flexibility index (Phi) is 7.54. The summed E-state index contributed by atoms with van der Waals surface area (Å²) in [6, 6.07) is 8.82. The van der Waals surface area contributed by atoms with Gasteiger partial charge in [0.2, 0.25) is 0 Å². The van der Waals surface area contributed by atoms with Gasteiger partial charge in [0, 0.05) is 17.0 Å². The third kappa shape index (κ3) is 5.75. The number of aliphatic hydroxyl groups excluding tert-OH is 1. The zero-order chi connectivity index (χ0) is 27.0. The van der Waals surface area contributed by atoms with E-state index >= 15 is 0 Å². The Balaban J connectivity index is 1.32. The van der Waals surface area contributed by atoms with Crippen LogP contribution >= 0.6 is 23.4 Å². The van der Waals surface area contributed by atoms with E-state index in [4.69, 9.17) is 11.6 Å². The number of likely N-dealkylation sites (tertiary alicyclic amines) is 1. The van der Waals surface area contributed by atoms with E-state index in [1.165, 1.54) is 23.0 Å². The van der Waals surface area contributed by atoms with Gasteiger partial charge in [-0.3, -0.25) is 19.2 Å². The quantitative estimate of drug-likeness (QED) is 0.395. The summed E-state index contributed by atoms with van der Waals surface area (Å²) < 4.78 is 42.0. The summed E-state index contributed by atoms with van der Waals surface area (Å²) in [5.74, 6) is -0.460. The molecule has 2 saturated heterocycles. The van der Waals surface area contributed by atoms with Crippen LogP contribution in [-0.2, 0) is 17.5 Å². The lowest BCUT2D eigenvalue weighted by Crippen LogP contribution is -2.41. The number of amides is 2. The number of aromatic nitrogens is 2. The fourth-order valence-corrected chi connectivity index (χ4v) is 5.79. The first-order chi connectivity index (χ1) is 18.1. The molecule has 3 heterocycles. The molecule has 2 aliphatic heterocycles. The third-order valence-electron chi connectivity index (χ3n) is 6.60. The molecule has 2 aromatic carbocycles. The van der Waals surface area contributed by atoms with Gasteiger partial charge in [-0.2, -0.15) is 18.3 Å². The molecule has 3 aromatic rings. The Labute approximate surface area is 225 Å². The number of imide groups is 1. The second kappa shape index (κ2) is 10.7. The van der Waals surface area contributed by atoms with Crippen molar-refractivity contribution in [2.45, 2.75) is 31.7 Å². The summed E-state index contributed by atoms with van der Waals surface area (Å²) in [6.07, 6.45) is -0.0805. The minimum atomic E-state index is -4.55. The molecule has 2 fully saturated rings. The van der Waals surface area contributed by atoms with E-state index in [2.05, 4.69) is 10.00 Å². The Morgan fingerprint density at radius 1 is 1.11 bits per heavy atom. The number of halogens is 4. The maximum atomic E-state index is 13.5. The molecule has 0 saturated carbocycles. The van der Waals surface area contributed by atoms with Gasteiger partial charge in [-0.25, -0.2) is 0 Å². The lowest BCUT2D eigenvalue weighted by atomic mass is 10.1. The highest BCUT2D eigenvalue weighted by Crippen LogP contribution is 2.35. The average molecular weight is 565 g/mol. The summed E-state index contributed by atoms with van der Waals surface area (Å²) >= 11 is 6.60. The zero-order valence-corrected chi connectivity index (χ0v) is 21.7. The molecular weight excluding hydrogens is 541 g/mol. The van der Waals surface area contributed by atoms with E-state index in [0.29, 0.717) is 23.0 Å². The minimum absolute atomic E-state index is 0.00144. The summed E-state index contributed by atoms with van der Waals surface area (Å²) in [7, 11) is 0. The molecule has 0 bridgehead atoms. The van der Waals surface area contributed by atoms with Crippen LogP contribution in [0.3, 0.4) is 0 Å². The van der Waals surface area contributed by atoms with Crippen molar-refractivity contribution in [1.82, 2.24) is 19.6 Å². The van der Waals surface area contributed by atoms with Crippen molar-refractivity contribution in [2.24, 2.45) is 0 Å².